The first-order valence-electron chi connectivity index (χ1n) is 11.3. The monoisotopic (exact) mass is 473 g/mol. The summed E-state index contributed by atoms with van der Waals surface area (Å²) in [5.74, 6) is 1.08. The largest absolute Gasteiger partial charge is 0.494 e. The zero-order chi connectivity index (χ0) is 24.3. The van der Waals surface area contributed by atoms with E-state index in [9.17, 15) is 14.7 Å². The molecule has 0 saturated heterocycles. The highest BCUT2D eigenvalue weighted by Gasteiger charge is 2.38. The summed E-state index contributed by atoms with van der Waals surface area (Å²) in [7, 11) is 3.40. The van der Waals surface area contributed by atoms with Gasteiger partial charge in [-0.15, -0.1) is 0 Å². The van der Waals surface area contributed by atoms with Crippen LogP contribution in [0.15, 0.2) is 58.1 Å². The van der Waals surface area contributed by atoms with E-state index in [1.165, 1.54) is 7.11 Å². The van der Waals surface area contributed by atoms with Crippen LogP contribution in [0, 0.1) is 0 Å². The van der Waals surface area contributed by atoms with E-state index < -0.39 is 23.2 Å². The van der Waals surface area contributed by atoms with Crippen molar-refractivity contribution in [1.29, 1.82) is 0 Å². The first-order valence-corrected chi connectivity index (χ1v) is 11.3. The highest BCUT2D eigenvalue weighted by Crippen LogP contribution is 2.51. The zero-order valence-corrected chi connectivity index (χ0v) is 19.2. The number of H-pyrrole nitrogens is 1. The summed E-state index contributed by atoms with van der Waals surface area (Å²) in [4.78, 5) is 30.6. The number of hydrogen-bond donors (Lipinski definition) is 2. The van der Waals surface area contributed by atoms with Gasteiger partial charge in [-0.1, -0.05) is 36.4 Å². The lowest BCUT2D eigenvalue weighted by Crippen LogP contribution is -2.39. The SMILES string of the molecule is COc1c2c(cc3c1[C@@H](c1c(O)n(-c4cccc5ccccc45)c(=O)[nH]c1=O)N(C)CC3)OCO2. The van der Waals surface area contributed by atoms with Gasteiger partial charge >= 0.3 is 5.69 Å². The Balaban J connectivity index is 1.65. The molecule has 178 valence electrons. The van der Waals surface area contributed by atoms with E-state index in [-0.39, 0.29) is 12.4 Å². The molecule has 2 aliphatic heterocycles. The van der Waals surface area contributed by atoms with Crippen molar-refractivity contribution in [2.24, 2.45) is 0 Å². The summed E-state index contributed by atoms with van der Waals surface area (Å²) >= 11 is 0. The number of methoxy groups -OCH3 is 1. The fraction of sp³-hybridized carbons (Fsp3) is 0.231. The quantitative estimate of drug-likeness (QED) is 0.471. The number of nitrogens with one attached hydrogen (secondary N) is 1. The molecular formula is C26H23N3O6. The van der Waals surface area contributed by atoms with Crippen LogP contribution in [0.4, 0.5) is 0 Å². The normalized spacial score (nSPS) is 16.9. The lowest BCUT2D eigenvalue weighted by atomic mass is 9.87. The van der Waals surface area contributed by atoms with Gasteiger partial charge in [-0.3, -0.25) is 14.7 Å². The van der Waals surface area contributed by atoms with Crippen molar-refractivity contribution in [1.82, 2.24) is 14.5 Å². The number of likely N-dealkylation sites (N-methyl/N-ethyl adjacent to an activating group) is 1. The summed E-state index contributed by atoms with van der Waals surface area (Å²) in [5, 5.41) is 13.2. The molecular weight excluding hydrogens is 450 g/mol. The standard InChI is InChI=1S/C26H23N3O6/c1-28-11-10-15-12-18-22(35-13-34-18)23(33-2)19(15)21(28)20-24(30)27-26(32)29(25(20)31)17-9-5-7-14-6-3-4-8-16(14)17/h3-9,12,21,31H,10-11,13H2,1-2H3,(H,27,30,32)/t21-/m0/s1. The molecule has 9 nitrogen and oxygen atoms in total. The van der Waals surface area contributed by atoms with Gasteiger partial charge < -0.3 is 19.3 Å². The fourth-order valence-corrected chi connectivity index (χ4v) is 5.21. The molecule has 0 spiro atoms. The molecule has 9 heteroatoms. The lowest BCUT2D eigenvalue weighted by Gasteiger charge is -2.36. The maximum Gasteiger partial charge on any atom is 0.335 e. The van der Waals surface area contributed by atoms with Crippen molar-refractivity contribution in [3.8, 4) is 28.8 Å². The fourth-order valence-electron chi connectivity index (χ4n) is 5.21. The summed E-state index contributed by atoms with van der Waals surface area (Å²) in [6.07, 6.45) is 0.691. The topological polar surface area (TPSA) is 106 Å². The predicted octanol–water partition coefficient (Wildman–Crippen LogP) is 2.70. The third-order valence-electron chi connectivity index (χ3n) is 6.80. The van der Waals surface area contributed by atoms with Gasteiger partial charge in [0.05, 0.1) is 24.4 Å². The first kappa shape index (κ1) is 21.3. The minimum atomic E-state index is -0.719. The number of aromatic hydroxyl groups is 1. The number of ether oxygens (including phenoxy) is 3. The van der Waals surface area contributed by atoms with E-state index in [2.05, 4.69) is 4.98 Å². The van der Waals surface area contributed by atoms with Gasteiger partial charge in [0.25, 0.3) is 5.56 Å². The van der Waals surface area contributed by atoms with Gasteiger partial charge in [-0.25, -0.2) is 9.36 Å². The second-order valence-corrected chi connectivity index (χ2v) is 8.68. The van der Waals surface area contributed by atoms with Crippen LogP contribution in [0.25, 0.3) is 16.5 Å². The first-order chi connectivity index (χ1) is 17.0. The minimum absolute atomic E-state index is 0.0538. The van der Waals surface area contributed by atoms with Gasteiger partial charge in [0, 0.05) is 17.5 Å². The minimum Gasteiger partial charge on any atom is -0.494 e. The smallest absolute Gasteiger partial charge is 0.335 e. The van der Waals surface area contributed by atoms with E-state index in [4.69, 9.17) is 14.2 Å². The second kappa shape index (κ2) is 7.92. The van der Waals surface area contributed by atoms with Gasteiger partial charge in [-0.05, 0) is 36.6 Å². The van der Waals surface area contributed by atoms with E-state index in [0.717, 1.165) is 20.9 Å². The molecule has 0 saturated carbocycles. The number of fused-ring (bicyclic) bond motifs is 3. The molecule has 0 bridgehead atoms. The van der Waals surface area contributed by atoms with Crippen molar-refractivity contribution in [3.63, 3.8) is 0 Å². The van der Waals surface area contributed by atoms with Crippen LogP contribution in [0.3, 0.4) is 0 Å². The Labute approximate surface area is 199 Å². The van der Waals surface area contributed by atoms with Crippen LogP contribution in [-0.2, 0) is 6.42 Å². The molecule has 3 aromatic carbocycles. The van der Waals surface area contributed by atoms with Crippen molar-refractivity contribution >= 4 is 10.8 Å². The molecule has 2 N–H and O–H groups in total. The molecule has 0 amide bonds. The molecule has 1 aromatic heterocycles. The summed E-state index contributed by atoms with van der Waals surface area (Å²) in [6, 6.07) is 14.2. The van der Waals surface area contributed by atoms with Crippen molar-refractivity contribution in [2.45, 2.75) is 12.5 Å². The van der Waals surface area contributed by atoms with Crippen molar-refractivity contribution in [2.75, 3.05) is 27.5 Å². The molecule has 2 aliphatic rings. The average molecular weight is 473 g/mol. The Bertz CT molecular complexity index is 1600. The maximum atomic E-state index is 13.2. The van der Waals surface area contributed by atoms with E-state index in [1.54, 1.807) is 12.1 Å². The Morgan fingerprint density at radius 1 is 1.09 bits per heavy atom. The van der Waals surface area contributed by atoms with E-state index >= 15 is 0 Å². The lowest BCUT2D eigenvalue weighted by molar-refractivity contribution is 0.170. The van der Waals surface area contributed by atoms with Crippen LogP contribution >= 0.6 is 0 Å². The number of aromatic amines is 1. The molecule has 3 heterocycles. The molecule has 35 heavy (non-hydrogen) atoms. The molecule has 0 unspecified atom stereocenters. The van der Waals surface area contributed by atoms with Crippen LogP contribution in [0.2, 0.25) is 0 Å². The third-order valence-corrected chi connectivity index (χ3v) is 6.80. The third kappa shape index (κ3) is 3.12. The Hall–Kier alpha value is -4.24. The average Bonchev–Trinajstić information content (AvgIpc) is 3.32. The van der Waals surface area contributed by atoms with Gasteiger partial charge in [0.1, 0.15) is 0 Å². The van der Waals surface area contributed by atoms with Crippen LogP contribution in [0.1, 0.15) is 22.7 Å². The summed E-state index contributed by atoms with van der Waals surface area (Å²) < 4.78 is 18.1. The van der Waals surface area contributed by atoms with E-state index in [1.807, 2.05) is 48.3 Å². The molecule has 0 aliphatic carbocycles. The van der Waals surface area contributed by atoms with Gasteiger partial charge in [0.15, 0.2) is 11.5 Å². The molecule has 1 atom stereocenters. The summed E-state index contributed by atoms with van der Waals surface area (Å²) in [5.41, 5.74) is 0.778. The number of nitrogens with zero attached hydrogens (tertiary/aromatic N) is 2. The molecule has 0 radical (unpaired) electrons. The number of hydrogen-bond acceptors (Lipinski definition) is 7. The number of aromatic nitrogens is 2. The van der Waals surface area contributed by atoms with Crippen LogP contribution < -0.4 is 25.5 Å². The molecule has 4 aromatic rings. The Kier molecular flexibility index (Phi) is 4.82. The highest BCUT2D eigenvalue weighted by molar-refractivity contribution is 5.90. The second-order valence-electron chi connectivity index (χ2n) is 8.68. The zero-order valence-electron chi connectivity index (χ0n) is 19.2. The van der Waals surface area contributed by atoms with Crippen LogP contribution in [-0.4, -0.2) is 47.1 Å². The predicted molar refractivity (Wildman–Crippen MR) is 129 cm³/mol. The van der Waals surface area contributed by atoms with Crippen LogP contribution in [0.5, 0.6) is 23.1 Å². The number of benzene rings is 3. The highest BCUT2D eigenvalue weighted by atomic mass is 16.7. The van der Waals surface area contributed by atoms with Gasteiger partial charge in [-0.2, -0.15) is 0 Å². The maximum absolute atomic E-state index is 13.2. The molecule has 6 rings (SSSR count). The Morgan fingerprint density at radius 2 is 1.89 bits per heavy atom. The number of rotatable bonds is 3. The van der Waals surface area contributed by atoms with Crippen molar-refractivity contribution in [3.05, 3.63) is 86.1 Å². The van der Waals surface area contributed by atoms with Gasteiger partial charge in [0.2, 0.25) is 18.4 Å². The summed E-state index contributed by atoms with van der Waals surface area (Å²) in [6.45, 7) is 0.694. The molecule has 0 fully saturated rings. The Morgan fingerprint density at radius 3 is 2.71 bits per heavy atom. The van der Waals surface area contributed by atoms with Crippen molar-refractivity contribution < 1.29 is 19.3 Å². The van der Waals surface area contributed by atoms with E-state index in [0.29, 0.717) is 41.5 Å².